The number of aliphatic hydroxyl groups excluding tert-OH is 1. The molecule has 1 saturated heterocycles. The van der Waals surface area contributed by atoms with Crippen LogP contribution in [-0.4, -0.2) is 55.0 Å². The molecular weight excluding hydrogens is 332 g/mol. The molecule has 1 spiro atoms. The smallest absolute Gasteiger partial charge is 0.165 e. The Morgan fingerprint density at radius 3 is 3.19 bits per heavy atom. The molecule has 1 aromatic carbocycles. The van der Waals surface area contributed by atoms with Gasteiger partial charge in [0.2, 0.25) is 0 Å². The van der Waals surface area contributed by atoms with Gasteiger partial charge < -0.3 is 19.5 Å². The lowest BCUT2D eigenvalue weighted by atomic mass is 9.53. The number of hydrogen-bond acceptors (Lipinski definition) is 5. The van der Waals surface area contributed by atoms with Crippen molar-refractivity contribution in [2.75, 3.05) is 26.7 Å². The predicted molar refractivity (Wildman–Crippen MR) is 95.4 cm³/mol. The molecule has 0 amide bonds. The van der Waals surface area contributed by atoms with Crippen LogP contribution in [0.15, 0.2) is 29.4 Å². The Labute approximate surface area is 151 Å². The van der Waals surface area contributed by atoms with Gasteiger partial charge in [-0.1, -0.05) is 23.3 Å². The molecule has 5 atom stereocenters. The number of azide groups is 1. The van der Waals surface area contributed by atoms with E-state index in [-0.39, 0.29) is 18.1 Å². The standard InChI is InChI=1S/C19H22N4O3/c1-23-8-6-19-12-3-4-14(24)18(19)26-17-15(25-9-7-21-22-20)5-2-11(16(17)19)10-13(12)23/h2-5,12-14,18,24H,6-10H2,1H3/t12-,13+,14-,18-,19-/m0/s1. The lowest BCUT2D eigenvalue weighted by Crippen LogP contribution is -2.64. The van der Waals surface area contributed by atoms with Crippen LogP contribution in [0.2, 0.25) is 0 Å². The van der Waals surface area contributed by atoms with Crippen molar-refractivity contribution in [1.29, 1.82) is 0 Å². The second kappa shape index (κ2) is 5.64. The molecule has 136 valence electrons. The van der Waals surface area contributed by atoms with E-state index in [0.29, 0.717) is 24.3 Å². The van der Waals surface area contributed by atoms with Gasteiger partial charge in [-0.25, -0.2) is 0 Å². The maximum absolute atomic E-state index is 10.7. The molecule has 2 aliphatic carbocycles. The summed E-state index contributed by atoms with van der Waals surface area (Å²) in [5.74, 6) is 1.81. The van der Waals surface area contributed by atoms with Crippen LogP contribution in [0.25, 0.3) is 10.4 Å². The van der Waals surface area contributed by atoms with Crippen molar-refractivity contribution >= 4 is 0 Å². The van der Waals surface area contributed by atoms with Crippen molar-refractivity contribution in [2.24, 2.45) is 11.0 Å². The van der Waals surface area contributed by atoms with Crippen LogP contribution in [-0.2, 0) is 11.8 Å². The summed E-state index contributed by atoms with van der Waals surface area (Å²) >= 11 is 0. The molecule has 1 N–H and O–H groups in total. The summed E-state index contributed by atoms with van der Waals surface area (Å²) in [6.45, 7) is 1.59. The summed E-state index contributed by atoms with van der Waals surface area (Å²) in [6, 6.07) is 4.53. The van der Waals surface area contributed by atoms with E-state index in [1.165, 1.54) is 11.1 Å². The summed E-state index contributed by atoms with van der Waals surface area (Å²) in [5, 5.41) is 14.2. The lowest BCUT2D eigenvalue weighted by Gasteiger charge is -2.56. The average Bonchev–Trinajstić information content (AvgIpc) is 3.00. The third-order valence-corrected chi connectivity index (χ3v) is 6.65. The number of aliphatic hydroxyl groups is 1. The molecule has 0 radical (unpaired) electrons. The molecule has 2 bridgehead atoms. The van der Waals surface area contributed by atoms with Crippen molar-refractivity contribution in [1.82, 2.24) is 4.90 Å². The van der Waals surface area contributed by atoms with Crippen molar-refractivity contribution < 1.29 is 14.6 Å². The third kappa shape index (κ3) is 1.93. The molecule has 4 aliphatic rings. The van der Waals surface area contributed by atoms with E-state index in [0.717, 1.165) is 25.1 Å². The number of rotatable bonds is 4. The van der Waals surface area contributed by atoms with Crippen LogP contribution < -0.4 is 9.47 Å². The minimum absolute atomic E-state index is 0.168. The fraction of sp³-hybridized carbons (Fsp3) is 0.579. The first-order valence-corrected chi connectivity index (χ1v) is 9.20. The molecular formula is C19H22N4O3. The van der Waals surface area contributed by atoms with Gasteiger partial charge in [0.05, 0.1) is 13.2 Å². The highest BCUT2D eigenvalue weighted by molar-refractivity contribution is 5.62. The predicted octanol–water partition coefficient (Wildman–Crippen LogP) is 2.18. The first kappa shape index (κ1) is 16.0. The van der Waals surface area contributed by atoms with Crippen molar-refractivity contribution in [3.05, 3.63) is 45.9 Å². The van der Waals surface area contributed by atoms with E-state index in [1.54, 1.807) is 0 Å². The molecule has 2 aliphatic heterocycles. The van der Waals surface area contributed by atoms with Crippen molar-refractivity contribution in [3.63, 3.8) is 0 Å². The average molecular weight is 354 g/mol. The van der Waals surface area contributed by atoms with E-state index in [9.17, 15) is 5.11 Å². The number of hydrogen-bond donors (Lipinski definition) is 1. The molecule has 0 unspecified atom stereocenters. The summed E-state index contributed by atoms with van der Waals surface area (Å²) in [5.41, 5.74) is 10.8. The maximum Gasteiger partial charge on any atom is 0.165 e. The van der Waals surface area contributed by atoms with Gasteiger partial charge in [-0.05, 0) is 43.6 Å². The van der Waals surface area contributed by atoms with Gasteiger partial charge in [0.25, 0.3) is 0 Å². The van der Waals surface area contributed by atoms with E-state index >= 15 is 0 Å². The van der Waals surface area contributed by atoms with Gasteiger partial charge in [-0.2, -0.15) is 0 Å². The molecule has 26 heavy (non-hydrogen) atoms. The first-order chi connectivity index (χ1) is 12.7. The normalized spacial score (nSPS) is 36.1. The highest BCUT2D eigenvalue weighted by Gasteiger charge is 2.64. The van der Waals surface area contributed by atoms with Crippen LogP contribution >= 0.6 is 0 Å². The zero-order chi connectivity index (χ0) is 17.9. The largest absolute Gasteiger partial charge is 0.490 e. The minimum atomic E-state index is -0.607. The van der Waals surface area contributed by atoms with Gasteiger partial charge in [-0.15, -0.1) is 0 Å². The van der Waals surface area contributed by atoms with Crippen molar-refractivity contribution in [2.45, 2.75) is 36.5 Å². The minimum Gasteiger partial charge on any atom is -0.490 e. The number of ether oxygens (including phenoxy) is 2. The van der Waals surface area contributed by atoms with Crippen LogP contribution in [0.1, 0.15) is 17.5 Å². The Kier molecular flexibility index (Phi) is 3.47. The van der Waals surface area contributed by atoms with E-state index in [4.69, 9.17) is 15.0 Å². The van der Waals surface area contributed by atoms with Gasteiger partial charge in [0.15, 0.2) is 11.5 Å². The molecule has 0 saturated carbocycles. The molecule has 2 heterocycles. The van der Waals surface area contributed by atoms with Crippen LogP contribution in [0.3, 0.4) is 0 Å². The Morgan fingerprint density at radius 1 is 1.46 bits per heavy atom. The number of likely N-dealkylation sites (tertiary alicyclic amines) is 1. The molecule has 1 aromatic rings. The monoisotopic (exact) mass is 354 g/mol. The highest BCUT2D eigenvalue weighted by atomic mass is 16.5. The Hall–Kier alpha value is -2.21. The van der Waals surface area contributed by atoms with E-state index in [1.807, 2.05) is 12.1 Å². The van der Waals surface area contributed by atoms with Gasteiger partial charge in [0, 0.05) is 27.8 Å². The lowest BCUT2D eigenvalue weighted by molar-refractivity contribution is -0.0453. The van der Waals surface area contributed by atoms with Gasteiger partial charge >= 0.3 is 0 Å². The highest BCUT2D eigenvalue weighted by Crippen LogP contribution is 2.62. The topological polar surface area (TPSA) is 90.7 Å². The number of piperidine rings is 1. The summed E-state index contributed by atoms with van der Waals surface area (Å²) in [6.07, 6.45) is 5.20. The van der Waals surface area contributed by atoms with Crippen LogP contribution in [0, 0.1) is 5.92 Å². The number of nitrogens with zero attached hydrogens (tertiary/aromatic N) is 4. The van der Waals surface area contributed by atoms with Gasteiger partial charge in [0.1, 0.15) is 12.2 Å². The Bertz CT molecular complexity index is 834. The summed E-state index contributed by atoms with van der Waals surface area (Å²) in [7, 11) is 2.19. The quantitative estimate of drug-likeness (QED) is 0.295. The third-order valence-electron chi connectivity index (χ3n) is 6.65. The second-order valence-corrected chi connectivity index (χ2v) is 7.71. The fourth-order valence-corrected chi connectivity index (χ4v) is 5.58. The number of benzene rings is 1. The van der Waals surface area contributed by atoms with E-state index in [2.05, 4.69) is 34.1 Å². The van der Waals surface area contributed by atoms with Gasteiger partial charge in [-0.3, -0.25) is 0 Å². The van der Waals surface area contributed by atoms with Crippen LogP contribution in [0.5, 0.6) is 11.5 Å². The zero-order valence-corrected chi connectivity index (χ0v) is 14.7. The fourth-order valence-electron chi connectivity index (χ4n) is 5.58. The summed E-state index contributed by atoms with van der Waals surface area (Å²) < 4.78 is 12.2. The Balaban J connectivity index is 1.62. The molecule has 5 rings (SSSR count). The first-order valence-electron chi connectivity index (χ1n) is 9.20. The Morgan fingerprint density at radius 2 is 2.35 bits per heavy atom. The SMILES string of the molecule is CN1CC[C@]23c4c5ccc(OCCN=[N+]=[N-])c4O[C@H]2[C@@H](O)C=C[C@H]3[C@H]1C5. The molecule has 0 aromatic heterocycles. The maximum atomic E-state index is 10.7. The number of likely N-dealkylation sites (N-methyl/N-ethyl adjacent to an activating group) is 1. The molecule has 7 heteroatoms. The second-order valence-electron chi connectivity index (χ2n) is 7.71. The van der Waals surface area contributed by atoms with Crippen LogP contribution in [0.4, 0.5) is 0 Å². The zero-order valence-electron chi connectivity index (χ0n) is 14.7. The molecule has 1 fully saturated rings. The van der Waals surface area contributed by atoms with E-state index < -0.39 is 6.10 Å². The molecule has 7 nitrogen and oxygen atoms in total. The van der Waals surface area contributed by atoms with Crippen molar-refractivity contribution in [3.8, 4) is 11.5 Å². The summed E-state index contributed by atoms with van der Waals surface area (Å²) in [4.78, 5) is 5.20.